The van der Waals surface area contributed by atoms with E-state index in [1.165, 1.54) is 24.3 Å². The summed E-state index contributed by atoms with van der Waals surface area (Å²) in [5.74, 6) is -2.73. The zero-order valence-electron chi connectivity index (χ0n) is 9.69. The van der Waals surface area contributed by atoms with Crippen molar-refractivity contribution >= 4 is 16.5 Å². The molecule has 2 aromatic rings. The van der Waals surface area contributed by atoms with Crippen LogP contribution in [0, 0.1) is 11.3 Å². The molecule has 1 aromatic carbocycles. The Bertz CT molecular complexity index is 800. The average molecular weight is 281 g/mol. The molecule has 0 aliphatic rings. The van der Waals surface area contributed by atoms with Crippen molar-refractivity contribution in [2.24, 2.45) is 0 Å². The number of hydrogen-bond donors (Lipinski definition) is 2. The molecule has 2 rings (SSSR count). The van der Waals surface area contributed by atoms with Gasteiger partial charge in [0, 0.05) is 0 Å². The summed E-state index contributed by atoms with van der Waals surface area (Å²) in [4.78, 5) is 17.5. The smallest absolute Gasteiger partial charge is 0.450 e. The van der Waals surface area contributed by atoms with Gasteiger partial charge in [0.15, 0.2) is 5.82 Å². The number of allylic oxidation sites excluding steroid dienone is 2. The first-order valence-corrected chi connectivity index (χ1v) is 5.24. The first-order chi connectivity index (χ1) is 9.34. The van der Waals surface area contributed by atoms with E-state index in [4.69, 9.17) is 10.4 Å². The van der Waals surface area contributed by atoms with Gasteiger partial charge < -0.3 is 10.1 Å². The number of aliphatic hydroxyl groups is 1. The highest BCUT2D eigenvalue weighted by atomic mass is 19.4. The number of aromatic nitrogens is 2. The maximum Gasteiger partial charge on any atom is 0.450 e. The van der Waals surface area contributed by atoms with Crippen LogP contribution in [0.5, 0.6) is 0 Å². The lowest BCUT2D eigenvalue weighted by Crippen LogP contribution is -2.17. The average Bonchev–Trinajstić information content (AvgIpc) is 2.38. The van der Waals surface area contributed by atoms with E-state index in [1.807, 2.05) is 4.98 Å². The van der Waals surface area contributed by atoms with E-state index in [2.05, 4.69) is 4.98 Å². The molecule has 0 unspecified atom stereocenters. The van der Waals surface area contributed by atoms with Crippen LogP contribution in [0.15, 0.2) is 34.8 Å². The number of aliphatic hydroxyl groups excluding tert-OH is 1. The summed E-state index contributed by atoms with van der Waals surface area (Å²) in [6.07, 6.45) is -5.10. The van der Waals surface area contributed by atoms with Crippen molar-refractivity contribution in [2.45, 2.75) is 6.18 Å². The van der Waals surface area contributed by atoms with E-state index in [-0.39, 0.29) is 10.9 Å². The molecule has 0 saturated carbocycles. The number of alkyl halides is 3. The highest BCUT2D eigenvalue weighted by Crippen LogP contribution is 2.28. The van der Waals surface area contributed by atoms with Crippen molar-refractivity contribution in [1.82, 2.24) is 9.97 Å². The number of halogens is 3. The number of para-hydroxylation sites is 1. The minimum Gasteiger partial charge on any atom is -0.503 e. The van der Waals surface area contributed by atoms with Gasteiger partial charge in [-0.25, -0.2) is 4.98 Å². The van der Waals surface area contributed by atoms with Crippen LogP contribution >= 0.6 is 0 Å². The van der Waals surface area contributed by atoms with Crippen LogP contribution in [0.25, 0.3) is 16.5 Å². The third kappa shape index (κ3) is 2.33. The Morgan fingerprint density at radius 3 is 2.60 bits per heavy atom. The number of nitriles is 1. The van der Waals surface area contributed by atoms with E-state index in [0.717, 1.165) is 0 Å². The standard InChI is InChI=1S/C12H6F3N3O2/c13-12(14,15)9(19)7(5-16)10-17-8-4-2-1-3-6(8)11(20)18-10/h1-4,19H,(H,17,18,20). The van der Waals surface area contributed by atoms with Gasteiger partial charge in [-0.3, -0.25) is 4.79 Å². The number of hydrogen-bond acceptors (Lipinski definition) is 4. The predicted molar refractivity (Wildman–Crippen MR) is 63.6 cm³/mol. The first kappa shape index (κ1) is 13.6. The van der Waals surface area contributed by atoms with E-state index in [0.29, 0.717) is 0 Å². The second-order valence-corrected chi connectivity index (χ2v) is 3.76. The Labute approximate surface area is 109 Å². The largest absolute Gasteiger partial charge is 0.503 e. The highest BCUT2D eigenvalue weighted by molar-refractivity contribution is 5.81. The Hall–Kier alpha value is -2.82. The normalized spacial score (nSPS) is 12.9. The van der Waals surface area contributed by atoms with Crippen molar-refractivity contribution in [3.05, 3.63) is 46.2 Å². The van der Waals surface area contributed by atoms with E-state index in [9.17, 15) is 18.0 Å². The minimum atomic E-state index is -5.10. The highest BCUT2D eigenvalue weighted by Gasteiger charge is 2.38. The molecule has 0 spiro atoms. The van der Waals surface area contributed by atoms with Crippen LogP contribution in [0.1, 0.15) is 5.82 Å². The lowest BCUT2D eigenvalue weighted by atomic mass is 10.2. The molecular weight excluding hydrogens is 275 g/mol. The van der Waals surface area contributed by atoms with Gasteiger partial charge in [-0.2, -0.15) is 18.4 Å². The van der Waals surface area contributed by atoms with E-state index in [1.54, 1.807) is 6.07 Å². The monoisotopic (exact) mass is 281 g/mol. The van der Waals surface area contributed by atoms with Crippen LogP contribution in [0.2, 0.25) is 0 Å². The molecular formula is C12H6F3N3O2. The summed E-state index contributed by atoms with van der Waals surface area (Å²) in [6.45, 7) is 0. The van der Waals surface area contributed by atoms with Crippen LogP contribution in [0.4, 0.5) is 13.2 Å². The molecule has 0 fully saturated rings. The third-order valence-electron chi connectivity index (χ3n) is 2.47. The summed E-state index contributed by atoms with van der Waals surface area (Å²) >= 11 is 0. The summed E-state index contributed by atoms with van der Waals surface area (Å²) in [5.41, 5.74) is -1.72. The van der Waals surface area contributed by atoms with Crippen molar-refractivity contribution in [1.29, 1.82) is 5.26 Å². The van der Waals surface area contributed by atoms with Crippen LogP contribution < -0.4 is 5.56 Å². The third-order valence-corrected chi connectivity index (χ3v) is 2.47. The van der Waals surface area contributed by atoms with Crippen molar-refractivity contribution in [3.8, 4) is 6.07 Å². The number of aromatic amines is 1. The molecule has 0 radical (unpaired) electrons. The molecule has 0 amide bonds. The fourth-order valence-corrected chi connectivity index (χ4v) is 1.56. The predicted octanol–water partition coefficient (Wildman–Crippen LogP) is 2.28. The van der Waals surface area contributed by atoms with Gasteiger partial charge in [0.1, 0.15) is 11.6 Å². The molecule has 5 nitrogen and oxygen atoms in total. The minimum absolute atomic E-state index is 0.119. The van der Waals surface area contributed by atoms with Gasteiger partial charge in [0.2, 0.25) is 5.76 Å². The summed E-state index contributed by atoms with van der Waals surface area (Å²) in [5, 5.41) is 17.9. The van der Waals surface area contributed by atoms with Crippen molar-refractivity contribution in [3.63, 3.8) is 0 Å². The number of nitrogens with zero attached hydrogens (tertiary/aromatic N) is 2. The number of nitrogens with one attached hydrogen (secondary N) is 1. The van der Waals surface area contributed by atoms with E-state index < -0.39 is 28.9 Å². The van der Waals surface area contributed by atoms with Crippen LogP contribution in [-0.2, 0) is 0 Å². The lowest BCUT2D eigenvalue weighted by molar-refractivity contribution is -0.119. The van der Waals surface area contributed by atoms with Gasteiger partial charge in [-0.15, -0.1) is 0 Å². The summed E-state index contributed by atoms with van der Waals surface area (Å²) in [7, 11) is 0. The summed E-state index contributed by atoms with van der Waals surface area (Å²) < 4.78 is 37.2. The molecule has 102 valence electrons. The Balaban J connectivity index is 2.76. The number of rotatable bonds is 1. The van der Waals surface area contributed by atoms with Gasteiger partial charge in [0.05, 0.1) is 10.9 Å². The number of benzene rings is 1. The topological polar surface area (TPSA) is 89.8 Å². The fraction of sp³-hybridized carbons (Fsp3) is 0.0833. The fourth-order valence-electron chi connectivity index (χ4n) is 1.56. The van der Waals surface area contributed by atoms with Crippen LogP contribution in [-0.4, -0.2) is 21.3 Å². The number of H-pyrrole nitrogens is 1. The molecule has 20 heavy (non-hydrogen) atoms. The quantitative estimate of drug-likeness (QED) is 0.619. The molecule has 0 atom stereocenters. The molecule has 2 N–H and O–H groups in total. The number of fused-ring (bicyclic) bond motifs is 1. The van der Waals surface area contributed by atoms with Gasteiger partial charge >= 0.3 is 6.18 Å². The molecule has 1 aromatic heterocycles. The maximum atomic E-state index is 12.4. The molecule has 0 saturated heterocycles. The second-order valence-electron chi connectivity index (χ2n) is 3.76. The molecule has 0 aliphatic heterocycles. The summed E-state index contributed by atoms with van der Waals surface area (Å²) in [6, 6.07) is 7.14. The first-order valence-electron chi connectivity index (χ1n) is 5.24. The molecule has 8 heteroatoms. The maximum absolute atomic E-state index is 12.4. The van der Waals surface area contributed by atoms with Crippen molar-refractivity contribution in [2.75, 3.05) is 0 Å². The van der Waals surface area contributed by atoms with Gasteiger partial charge in [-0.1, -0.05) is 12.1 Å². The van der Waals surface area contributed by atoms with Gasteiger partial charge in [0.25, 0.3) is 5.56 Å². The lowest BCUT2D eigenvalue weighted by Gasteiger charge is -2.07. The zero-order chi connectivity index (χ0) is 14.9. The zero-order valence-corrected chi connectivity index (χ0v) is 9.69. The Kier molecular flexibility index (Phi) is 3.19. The molecule has 0 bridgehead atoms. The molecule has 0 aliphatic carbocycles. The van der Waals surface area contributed by atoms with Gasteiger partial charge in [-0.05, 0) is 12.1 Å². The van der Waals surface area contributed by atoms with E-state index >= 15 is 0 Å². The SMILES string of the molecule is N#CC(=C(O)C(F)(F)F)c1nc2ccccc2c(=O)[nH]1. The van der Waals surface area contributed by atoms with Crippen LogP contribution in [0.3, 0.4) is 0 Å². The second kappa shape index (κ2) is 4.70. The Morgan fingerprint density at radius 1 is 1.35 bits per heavy atom. The Morgan fingerprint density at radius 2 is 2.00 bits per heavy atom. The molecule has 1 heterocycles. The van der Waals surface area contributed by atoms with Crippen molar-refractivity contribution < 1.29 is 18.3 Å².